The van der Waals surface area contributed by atoms with Crippen LogP contribution in [0.5, 0.6) is 0 Å². The molecule has 2 aromatic rings. The zero-order chi connectivity index (χ0) is 13.8. The van der Waals surface area contributed by atoms with Crippen LogP contribution in [0.25, 0.3) is 0 Å². The average molecular weight is 313 g/mol. The molecule has 1 unspecified atom stereocenters. The van der Waals surface area contributed by atoms with Crippen LogP contribution in [0, 0.1) is 6.92 Å². The summed E-state index contributed by atoms with van der Waals surface area (Å²) in [4.78, 5) is 12.5. The van der Waals surface area contributed by atoms with Crippen LogP contribution in [0.15, 0.2) is 36.4 Å². The maximum atomic E-state index is 12.0. The van der Waals surface area contributed by atoms with Crippen LogP contribution in [0.2, 0.25) is 4.34 Å². The summed E-state index contributed by atoms with van der Waals surface area (Å²) in [6.07, 6.45) is 0. The highest BCUT2D eigenvalue weighted by atomic mass is 35.5. The third kappa shape index (κ3) is 4.00. The molecule has 0 aliphatic carbocycles. The van der Waals surface area contributed by atoms with E-state index in [-0.39, 0.29) is 11.5 Å². The van der Waals surface area contributed by atoms with E-state index < -0.39 is 10.8 Å². The molecule has 0 spiro atoms. The Labute approximate surface area is 123 Å². The monoisotopic (exact) mass is 312 g/mol. The van der Waals surface area contributed by atoms with Crippen LogP contribution in [0.3, 0.4) is 0 Å². The van der Waals surface area contributed by atoms with Crippen LogP contribution in [0.4, 0.5) is 0 Å². The minimum Gasteiger partial charge on any atom is -0.292 e. The molecule has 5 heteroatoms. The highest BCUT2D eigenvalue weighted by Crippen LogP contribution is 2.22. The SMILES string of the molecule is Cc1ccccc1CS(=O)CC(=O)c1ccc(Cl)s1. The lowest BCUT2D eigenvalue weighted by Gasteiger charge is -2.04. The Hall–Kier alpha value is -0.970. The van der Waals surface area contributed by atoms with Crippen molar-refractivity contribution in [3.05, 3.63) is 56.7 Å². The molecule has 0 saturated heterocycles. The van der Waals surface area contributed by atoms with Crippen LogP contribution in [-0.2, 0) is 16.6 Å². The molecule has 0 saturated carbocycles. The quantitative estimate of drug-likeness (QED) is 0.786. The standard InChI is InChI=1S/C14H13ClO2S2/c1-10-4-2-3-5-11(10)8-19(17)9-12(16)13-6-7-14(15)18-13/h2-7H,8-9H2,1H3. The summed E-state index contributed by atoms with van der Waals surface area (Å²) in [5.74, 6) is 0.353. The molecule has 0 radical (unpaired) electrons. The van der Waals surface area contributed by atoms with Gasteiger partial charge in [-0.15, -0.1) is 11.3 Å². The predicted molar refractivity (Wildman–Crippen MR) is 81.6 cm³/mol. The van der Waals surface area contributed by atoms with Crippen LogP contribution < -0.4 is 0 Å². The van der Waals surface area contributed by atoms with E-state index in [1.807, 2.05) is 31.2 Å². The molecule has 0 bridgehead atoms. The largest absolute Gasteiger partial charge is 0.292 e. The number of hydrogen-bond acceptors (Lipinski definition) is 3. The van der Waals surface area contributed by atoms with E-state index in [2.05, 4.69) is 0 Å². The lowest BCUT2D eigenvalue weighted by atomic mass is 10.1. The van der Waals surface area contributed by atoms with Gasteiger partial charge in [0.05, 0.1) is 15.0 Å². The normalized spacial score (nSPS) is 12.3. The van der Waals surface area contributed by atoms with Gasteiger partial charge < -0.3 is 0 Å². The molecule has 19 heavy (non-hydrogen) atoms. The van der Waals surface area contributed by atoms with E-state index in [0.717, 1.165) is 11.1 Å². The first-order valence-electron chi connectivity index (χ1n) is 5.74. The molecule has 0 aliphatic heterocycles. The fourth-order valence-corrected chi connectivity index (χ4v) is 3.97. The van der Waals surface area contributed by atoms with Gasteiger partial charge in [-0.1, -0.05) is 35.9 Å². The summed E-state index contributed by atoms with van der Waals surface area (Å²) in [6.45, 7) is 1.98. The number of aryl methyl sites for hydroxylation is 1. The number of rotatable bonds is 5. The average Bonchev–Trinajstić information content (AvgIpc) is 2.79. The summed E-state index contributed by atoms with van der Waals surface area (Å²) in [5.41, 5.74) is 2.13. The van der Waals surface area contributed by atoms with Crippen molar-refractivity contribution in [3.8, 4) is 0 Å². The van der Waals surface area contributed by atoms with Gasteiger partial charge in [-0.3, -0.25) is 9.00 Å². The molecule has 2 nitrogen and oxygen atoms in total. The molecule has 1 atom stereocenters. The van der Waals surface area contributed by atoms with E-state index in [4.69, 9.17) is 11.6 Å². The lowest BCUT2D eigenvalue weighted by Crippen LogP contribution is -2.11. The van der Waals surface area contributed by atoms with Gasteiger partial charge in [0.2, 0.25) is 0 Å². The van der Waals surface area contributed by atoms with Crippen molar-refractivity contribution in [1.82, 2.24) is 0 Å². The van der Waals surface area contributed by atoms with Gasteiger partial charge in [-0.05, 0) is 30.2 Å². The van der Waals surface area contributed by atoms with Gasteiger partial charge in [0.25, 0.3) is 0 Å². The number of ketones is 1. The Kier molecular flexibility index (Phi) is 4.91. The molecule has 0 fully saturated rings. The third-order valence-corrected chi connectivity index (χ3v) is 5.21. The second-order valence-electron chi connectivity index (χ2n) is 4.18. The molecular formula is C14H13ClO2S2. The Bertz CT molecular complexity index is 619. The van der Waals surface area contributed by atoms with Gasteiger partial charge in [0, 0.05) is 16.6 Å². The van der Waals surface area contributed by atoms with Crippen molar-refractivity contribution in [2.45, 2.75) is 12.7 Å². The first-order chi connectivity index (χ1) is 9.06. The van der Waals surface area contributed by atoms with Gasteiger partial charge in [-0.25, -0.2) is 0 Å². The lowest BCUT2D eigenvalue weighted by molar-refractivity contribution is 0.102. The highest BCUT2D eigenvalue weighted by Gasteiger charge is 2.13. The zero-order valence-electron chi connectivity index (χ0n) is 10.4. The second kappa shape index (κ2) is 6.46. The van der Waals surface area contributed by atoms with E-state index in [1.54, 1.807) is 12.1 Å². The molecule has 0 amide bonds. The Morgan fingerprint density at radius 2 is 2.00 bits per heavy atom. The molecule has 0 aliphatic rings. The molecule has 1 aromatic heterocycles. The van der Waals surface area contributed by atoms with Crippen molar-refractivity contribution >= 4 is 39.5 Å². The van der Waals surface area contributed by atoms with Crippen molar-refractivity contribution in [2.24, 2.45) is 0 Å². The first kappa shape index (κ1) is 14.4. The van der Waals surface area contributed by atoms with Crippen LogP contribution in [-0.4, -0.2) is 15.7 Å². The summed E-state index contributed by atoms with van der Waals surface area (Å²) < 4.78 is 12.6. The zero-order valence-corrected chi connectivity index (χ0v) is 12.8. The topological polar surface area (TPSA) is 34.1 Å². The van der Waals surface area contributed by atoms with Crippen molar-refractivity contribution in [2.75, 3.05) is 5.75 Å². The molecule has 2 rings (SSSR count). The minimum atomic E-state index is -1.19. The number of carbonyl (C=O) groups excluding carboxylic acids is 1. The summed E-state index contributed by atoms with van der Waals surface area (Å²) in [6, 6.07) is 11.2. The molecule has 1 heterocycles. The number of Topliss-reactive ketones (excluding diaryl/α,β-unsaturated/α-hetero) is 1. The molecule has 1 aromatic carbocycles. The van der Waals surface area contributed by atoms with Gasteiger partial charge in [-0.2, -0.15) is 0 Å². The maximum Gasteiger partial charge on any atom is 0.185 e. The van der Waals surface area contributed by atoms with E-state index in [1.165, 1.54) is 11.3 Å². The fraction of sp³-hybridized carbons (Fsp3) is 0.214. The van der Waals surface area contributed by atoms with Crippen molar-refractivity contribution in [1.29, 1.82) is 0 Å². The van der Waals surface area contributed by atoms with Gasteiger partial charge >= 0.3 is 0 Å². The number of carbonyl (C=O) groups is 1. The number of thiophene rings is 1. The van der Waals surface area contributed by atoms with E-state index in [9.17, 15) is 9.00 Å². The van der Waals surface area contributed by atoms with Crippen molar-refractivity contribution in [3.63, 3.8) is 0 Å². The van der Waals surface area contributed by atoms with Crippen LogP contribution >= 0.6 is 22.9 Å². The summed E-state index contributed by atoms with van der Waals surface area (Å²) in [5, 5.41) is 0. The molecule has 100 valence electrons. The Balaban J connectivity index is 1.99. The summed E-state index contributed by atoms with van der Waals surface area (Å²) in [7, 11) is -1.19. The van der Waals surface area contributed by atoms with Crippen molar-refractivity contribution < 1.29 is 9.00 Å². The number of halogens is 1. The molecule has 0 N–H and O–H groups in total. The smallest absolute Gasteiger partial charge is 0.185 e. The third-order valence-electron chi connectivity index (χ3n) is 2.72. The predicted octanol–water partition coefficient (Wildman–Crippen LogP) is 3.84. The second-order valence-corrected chi connectivity index (χ2v) is 7.35. The Morgan fingerprint density at radius 1 is 1.26 bits per heavy atom. The summed E-state index contributed by atoms with van der Waals surface area (Å²) >= 11 is 7.01. The Morgan fingerprint density at radius 3 is 2.63 bits per heavy atom. The van der Waals surface area contributed by atoms with Crippen LogP contribution in [0.1, 0.15) is 20.8 Å². The number of hydrogen-bond donors (Lipinski definition) is 0. The van der Waals surface area contributed by atoms with E-state index >= 15 is 0 Å². The number of benzene rings is 1. The minimum absolute atomic E-state index is 0.0468. The molecular weight excluding hydrogens is 300 g/mol. The fourth-order valence-electron chi connectivity index (χ4n) is 1.68. The highest BCUT2D eigenvalue weighted by molar-refractivity contribution is 7.85. The maximum absolute atomic E-state index is 12.0. The first-order valence-corrected chi connectivity index (χ1v) is 8.42. The van der Waals surface area contributed by atoms with Gasteiger partial charge in [0.15, 0.2) is 5.78 Å². The van der Waals surface area contributed by atoms with Gasteiger partial charge in [0.1, 0.15) is 0 Å². The van der Waals surface area contributed by atoms with E-state index in [0.29, 0.717) is 15.0 Å².